The molecule has 0 heterocycles. The Kier molecular flexibility index (Phi) is 7.53. The molecule has 1 unspecified atom stereocenters. The van der Waals surface area contributed by atoms with Crippen LogP contribution in [0, 0.1) is 5.92 Å². The molecule has 0 aromatic heterocycles. The van der Waals surface area contributed by atoms with Crippen molar-refractivity contribution < 1.29 is 14.9 Å². The lowest BCUT2D eigenvalue weighted by molar-refractivity contribution is 0.0690. The Hall–Kier alpha value is -1.10. The Bertz CT molecular complexity index is 500. The SMILES string of the molecule is CCCCCCCOc1ccc2c(c1)CCC(C(N)(CO)CO)C2. The van der Waals surface area contributed by atoms with Crippen LogP contribution in [0.1, 0.15) is 56.6 Å². The third-order valence-electron chi connectivity index (χ3n) is 5.32. The Morgan fingerprint density at radius 3 is 2.58 bits per heavy atom. The number of hydrogen-bond donors (Lipinski definition) is 3. The predicted molar refractivity (Wildman–Crippen MR) is 97.3 cm³/mol. The zero-order chi connectivity index (χ0) is 17.4. The minimum Gasteiger partial charge on any atom is -0.494 e. The largest absolute Gasteiger partial charge is 0.494 e. The molecule has 0 amide bonds. The van der Waals surface area contributed by atoms with E-state index in [9.17, 15) is 10.2 Å². The van der Waals surface area contributed by atoms with Crippen LogP contribution in [0.5, 0.6) is 5.75 Å². The maximum atomic E-state index is 9.50. The Labute approximate surface area is 146 Å². The normalized spacial score (nSPS) is 17.6. The van der Waals surface area contributed by atoms with E-state index in [4.69, 9.17) is 10.5 Å². The second-order valence-corrected chi connectivity index (χ2v) is 7.18. The van der Waals surface area contributed by atoms with Gasteiger partial charge in [0.15, 0.2) is 0 Å². The number of aliphatic hydroxyl groups is 2. The zero-order valence-corrected chi connectivity index (χ0v) is 15.0. The first-order valence-corrected chi connectivity index (χ1v) is 9.38. The molecular formula is C20H33NO3. The van der Waals surface area contributed by atoms with Crippen LogP contribution in [-0.4, -0.2) is 35.6 Å². The van der Waals surface area contributed by atoms with Crippen LogP contribution in [0.3, 0.4) is 0 Å². The van der Waals surface area contributed by atoms with Gasteiger partial charge in [-0.15, -0.1) is 0 Å². The fourth-order valence-corrected chi connectivity index (χ4v) is 3.52. The summed E-state index contributed by atoms with van der Waals surface area (Å²) in [6.45, 7) is 2.65. The Balaban J connectivity index is 1.87. The standard InChI is InChI=1S/C20H33NO3/c1-2-3-4-5-6-11-24-19-10-8-16-12-18(9-7-17(16)13-19)20(21,14-22)15-23/h8,10,13,18,22-23H,2-7,9,11-12,14-15,21H2,1H3. The zero-order valence-electron chi connectivity index (χ0n) is 15.0. The van der Waals surface area contributed by atoms with Gasteiger partial charge in [-0.1, -0.05) is 38.7 Å². The highest BCUT2D eigenvalue weighted by atomic mass is 16.5. The van der Waals surface area contributed by atoms with Gasteiger partial charge in [0.2, 0.25) is 0 Å². The number of nitrogens with two attached hydrogens (primary N) is 1. The summed E-state index contributed by atoms with van der Waals surface area (Å²) in [6.07, 6.45) is 8.85. The molecule has 4 nitrogen and oxygen atoms in total. The van der Waals surface area contributed by atoms with Crippen molar-refractivity contribution in [3.63, 3.8) is 0 Å². The molecule has 4 heteroatoms. The van der Waals surface area contributed by atoms with Gasteiger partial charge in [0.05, 0.1) is 25.4 Å². The molecule has 0 spiro atoms. The minimum atomic E-state index is -0.884. The van der Waals surface area contributed by atoms with Gasteiger partial charge in [0, 0.05) is 0 Å². The van der Waals surface area contributed by atoms with Gasteiger partial charge in [0.1, 0.15) is 5.75 Å². The summed E-state index contributed by atoms with van der Waals surface area (Å²) in [5, 5.41) is 19.0. The smallest absolute Gasteiger partial charge is 0.119 e. The van der Waals surface area contributed by atoms with E-state index < -0.39 is 5.54 Å². The molecule has 1 aliphatic carbocycles. The van der Waals surface area contributed by atoms with E-state index >= 15 is 0 Å². The number of rotatable bonds is 10. The highest BCUT2D eigenvalue weighted by molar-refractivity contribution is 5.38. The fourth-order valence-electron chi connectivity index (χ4n) is 3.52. The lowest BCUT2D eigenvalue weighted by Gasteiger charge is -2.37. The topological polar surface area (TPSA) is 75.7 Å². The third kappa shape index (κ3) is 4.95. The van der Waals surface area contributed by atoms with Gasteiger partial charge in [-0.05, 0) is 54.9 Å². The lowest BCUT2D eigenvalue weighted by Crippen LogP contribution is -2.55. The van der Waals surface area contributed by atoms with Gasteiger partial charge >= 0.3 is 0 Å². The van der Waals surface area contributed by atoms with E-state index in [-0.39, 0.29) is 19.1 Å². The maximum Gasteiger partial charge on any atom is 0.119 e. The van der Waals surface area contributed by atoms with Gasteiger partial charge in [-0.3, -0.25) is 0 Å². The Morgan fingerprint density at radius 1 is 1.12 bits per heavy atom. The molecule has 1 atom stereocenters. The highest BCUT2D eigenvalue weighted by Gasteiger charge is 2.36. The third-order valence-corrected chi connectivity index (χ3v) is 5.32. The number of fused-ring (bicyclic) bond motifs is 1. The van der Waals surface area contributed by atoms with Crippen LogP contribution in [0.4, 0.5) is 0 Å². The maximum absolute atomic E-state index is 9.50. The van der Waals surface area contributed by atoms with E-state index in [2.05, 4.69) is 19.1 Å². The molecular weight excluding hydrogens is 302 g/mol. The molecule has 0 radical (unpaired) electrons. The van der Waals surface area contributed by atoms with Crippen molar-refractivity contribution in [1.82, 2.24) is 0 Å². The summed E-state index contributed by atoms with van der Waals surface area (Å²) in [7, 11) is 0. The first-order valence-electron chi connectivity index (χ1n) is 9.38. The molecule has 0 bridgehead atoms. The van der Waals surface area contributed by atoms with Gasteiger partial charge in [0.25, 0.3) is 0 Å². The molecule has 1 aromatic carbocycles. The molecule has 0 fully saturated rings. The predicted octanol–water partition coefficient (Wildman–Crippen LogP) is 2.82. The second kappa shape index (κ2) is 9.40. The number of aliphatic hydroxyl groups excluding tert-OH is 2. The number of aryl methyl sites for hydroxylation is 1. The van der Waals surface area contributed by atoms with E-state index in [1.807, 2.05) is 6.07 Å². The van der Waals surface area contributed by atoms with Crippen molar-refractivity contribution in [1.29, 1.82) is 0 Å². The molecule has 24 heavy (non-hydrogen) atoms. The number of hydrogen-bond acceptors (Lipinski definition) is 4. The van der Waals surface area contributed by atoms with Gasteiger partial charge in [-0.2, -0.15) is 0 Å². The first kappa shape index (κ1) is 19.2. The van der Waals surface area contributed by atoms with Gasteiger partial charge in [-0.25, -0.2) is 0 Å². The molecule has 4 N–H and O–H groups in total. The highest BCUT2D eigenvalue weighted by Crippen LogP contribution is 2.33. The van der Waals surface area contributed by atoms with Crippen molar-refractivity contribution in [2.45, 2.75) is 63.8 Å². The van der Waals surface area contributed by atoms with E-state index in [1.165, 1.54) is 36.8 Å². The van der Waals surface area contributed by atoms with Crippen LogP contribution in [0.2, 0.25) is 0 Å². The van der Waals surface area contributed by atoms with Crippen molar-refractivity contribution in [2.24, 2.45) is 11.7 Å². The number of ether oxygens (including phenoxy) is 1. The first-order chi connectivity index (χ1) is 11.6. The average molecular weight is 335 g/mol. The average Bonchev–Trinajstić information content (AvgIpc) is 2.63. The Morgan fingerprint density at radius 2 is 1.88 bits per heavy atom. The van der Waals surface area contributed by atoms with Crippen LogP contribution < -0.4 is 10.5 Å². The van der Waals surface area contributed by atoms with Crippen LogP contribution in [-0.2, 0) is 12.8 Å². The summed E-state index contributed by atoms with van der Waals surface area (Å²) >= 11 is 0. The molecule has 2 rings (SSSR count). The van der Waals surface area contributed by atoms with Crippen molar-refractivity contribution in [2.75, 3.05) is 19.8 Å². The van der Waals surface area contributed by atoms with E-state index in [0.717, 1.165) is 38.0 Å². The molecule has 0 saturated heterocycles. The summed E-state index contributed by atoms with van der Waals surface area (Å²) in [5.41, 5.74) is 7.84. The molecule has 136 valence electrons. The van der Waals surface area contributed by atoms with Gasteiger partial charge < -0.3 is 20.7 Å². The fraction of sp³-hybridized carbons (Fsp3) is 0.700. The van der Waals surface area contributed by atoms with E-state index in [1.54, 1.807) is 0 Å². The van der Waals surface area contributed by atoms with Crippen LogP contribution in [0.25, 0.3) is 0 Å². The van der Waals surface area contributed by atoms with Crippen molar-refractivity contribution in [3.05, 3.63) is 29.3 Å². The van der Waals surface area contributed by atoms with E-state index in [0.29, 0.717) is 0 Å². The molecule has 0 aliphatic heterocycles. The lowest BCUT2D eigenvalue weighted by atomic mass is 9.73. The van der Waals surface area contributed by atoms with Crippen molar-refractivity contribution in [3.8, 4) is 5.75 Å². The summed E-state index contributed by atoms with van der Waals surface area (Å²) in [5.74, 6) is 1.07. The van der Waals surface area contributed by atoms with Crippen LogP contribution in [0.15, 0.2) is 18.2 Å². The van der Waals surface area contributed by atoms with Crippen molar-refractivity contribution >= 4 is 0 Å². The summed E-state index contributed by atoms with van der Waals surface area (Å²) in [6, 6.07) is 6.29. The monoisotopic (exact) mass is 335 g/mol. The summed E-state index contributed by atoms with van der Waals surface area (Å²) in [4.78, 5) is 0. The molecule has 1 aliphatic rings. The summed E-state index contributed by atoms with van der Waals surface area (Å²) < 4.78 is 5.88. The number of benzene rings is 1. The number of unbranched alkanes of at least 4 members (excludes halogenated alkanes) is 4. The molecule has 0 saturated carbocycles. The minimum absolute atomic E-state index is 0.116. The quantitative estimate of drug-likeness (QED) is 0.575. The molecule has 1 aromatic rings. The van der Waals surface area contributed by atoms with Crippen LogP contribution >= 0.6 is 0 Å². The second-order valence-electron chi connectivity index (χ2n) is 7.18.